The van der Waals surface area contributed by atoms with Crippen LogP contribution in [-0.2, 0) is 19.4 Å². The van der Waals surface area contributed by atoms with Crippen molar-refractivity contribution in [3.63, 3.8) is 0 Å². The van der Waals surface area contributed by atoms with Crippen LogP contribution in [-0.4, -0.2) is 20.0 Å². The molecule has 0 fully saturated rings. The summed E-state index contributed by atoms with van der Waals surface area (Å²) in [7, 11) is 0. The Labute approximate surface area is 135 Å². The van der Waals surface area contributed by atoms with Crippen molar-refractivity contribution in [2.24, 2.45) is 0 Å². The van der Waals surface area contributed by atoms with E-state index in [1.54, 1.807) is 6.20 Å². The summed E-state index contributed by atoms with van der Waals surface area (Å²) in [5.74, 6) is 1.20. The normalized spacial score (nSPS) is 11.0. The van der Waals surface area contributed by atoms with Crippen molar-refractivity contribution < 1.29 is 4.42 Å². The number of rotatable bonds is 5. The lowest BCUT2D eigenvalue weighted by molar-refractivity contribution is 0.439. The van der Waals surface area contributed by atoms with E-state index in [2.05, 4.69) is 31.2 Å². The number of aromatic nitrogens is 4. The second-order valence-corrected chi connectivity index (χ2v) is 5.92. The fourth-order valence-electron chi connectivity index (χ4n) is 1.95. The molecule has 3 aromatic rings. The Bertz CT molecular complexity index is 740. The highest BCUT2D eigenvalue weighted by Gasteiger charge is 2.08. The maximum atomic E-state index is 5.96. The zero-order valence-corrected chi connectivity index (χ0v) is 13.4. The van der Waals surface area contributed by atoms with Gasteiger partial charge in [-0.2, -0.15) is 5.10 Å². The third-order valence-corrected chi connectivity index (χ3v) is 3.55. The number of benzene rings is 1. The highest BCUT2D eigenvalue weighted by Crippen LogP contribution is 2.14. The molecular weight excluding hydrogens is 356 g/mol. The van der Waals surface area contributed by atoms with Gasteiger partial charge in [-0.3, -0.25) is 4.68 Å². The maximum absolute atomic E-state index is 5.96. The molecule has 0 aliphatic carbocycles. The maximum Gasteiger partial charge on any atom is 0.220 e. The molecule has 0 aliphatic heterocycles. The molecule has 0 saturated heterocycles. The van der Waals surface area contributed by atoms with Crippen molar-refractivity contribution in [2.75, 3.05) is 0 Å². The molecule has 0 spiro atoms. The summed E-state index contributed by atoms with van der Waals surface area (Å²) in [5, 5.41) is 13.0. The lowest BCUT2D eigenvalue weighted by atomic mass is 10.1. The molecule has 0 bridgehead atoms. The number of nitrogens with zero attached hydrogens (tertiary/aromatic N) is 4. The first kappa shape index (κ1) is 14.3. The second-order valence-electron chi connectivity index (χ2n) is 4.57. The summed E-state index contributed by atoms with van der Waals surface area (Å²) in [5.41, 5.74) is 1.05. The van der Waals surface area contributed by atoms with Gasteiger partial charge in [-0.25, -0.2) is 0 Å². The Hall–Kier alpha value is -1.66. The van der Waals surface area contributed by atoms with Crippen LogP contribution >= 0.6 is 27.5 Å². The molecule has 0 N–H and O–H groups in total. The van der Waals surface area contributed by atoms with Crippen molar-refractivity contribution in [2.45, 2.75) is 19.4 Å². The molecule has 7 heteroatoms. The summed E-state index contributed by atoms with van der Waals surface area (Å²) < 4.78 is 8.42. The number of hydrogen-bond acceptors (Lipinski definition) is 4. The fraction of sp³-hybridized carbons (Fsp3) is 0.214. The molecule has 1 aromatic carbocycles. The topological polar surface area (TPSA) is 56.7 Å². The van der Waals surface area contributed by atoms with Gasteiger partial charge in [-0.15, -0.1) is 10.2 Å². The van der Waals surface area contributed by atoms with Crippen LogP contribution in [0, 0.1) is 0 Å². The van der Waals surface area contributed by atoms with Gasteiger partial charge in [0.2, 0.25) is 11.8 Å². The van der Waals surface area contributed by atoms with Gasteiger partial charge in [0.25, 0.3) is 0 Å². The Morgan fingerprint density at radius 1 is 1.24 bits per heavy atom. The van der Waals surface area contributed by atoms with Crippen molar-refractivity contribution in [3.05, 3.63) is 63.5 Å². The van der Waals surface area contributed by atoms with E-state index >= 15 is 0 Å². The Morgan fingerprint density at radius 3 is 2.86 bits per heavy atom. The van der Waals surface area contributed by atoms with E-state index < -0.39 is 0 Å². The van der Waals surface area contributed by atoms with Crippen LogP contribution in [0.25, 0.3) is 0 Å². The minimum absolute atomic E-state index is 0.584. The van der Waals surface area contributed by atoms with Gasteiger partial charge < -0.3 is 4.42 Å². The third kappa shape index (κ3) is 3.92. The van der Waals surface area contributed by atoms with Crippen LogP contribution in [0.1, 0.15) is 17.3 Å². The van der Waals surface area contributed by atoms with Gasteiger partial charge in [-0.05, 0) is 33.6 Å². The van der Waals surface area contributed by atoms with E-state index in [9.17, 15) is 0 Å². The van der Waals surface area contributed by atoms with E-state index in [1.807, 2.05) is 35.1 Å². The van der Waals surface area contributed by atoms with E-state index in [0.29, 0.717) is 36.2 Å². The summed E-state index contributed by atoms with van der Waals surface area (Å²) in [4.78, 5) is 0. The van der Waals surface area contributed by atoms with Gasteiger partial charge >= 0.3 is 0 Å². The van der Waals surface area contributed by atoms with Gasteiger partial charge in [0, 0.05) is 24.2 Å². The first-order chi connectivity index (χ1) is 10.2. The first-order valence-corrected chi connectivity index (χ1v) is 7.60. The SMILES string of the molecule is Clc1cccc(Cc2nnc(CCn3cc(Br)cn3)o2)c1. The van der Waals surface area contributed by atoms with Gasteiger partial charge in [0.15, 0.2) is 0 Å². The average Bonchev–Trinajstić information content (AvgIpc) is 3.06. The van der Waals surface area contributed by atoms with E-state index in [-0.39, 0.29) is 0 Å². The predicted octanol–water partition coefficient (Wildman–Crippen LogP) is 3.52. The molecule has 2 aromatic heterocycles. The molecule has 0 aliphatic rings. The van der Waals surface area contributed by atoms with E-state index in [1.165, 1.54) is 0 Å². The molecule has 108 valence electrons. The monoisotopic (exact) mass is 366 g/mol. The highest BCUT2D eigenvalue weighted by atomic mass is 79.9. The van der Waals surface area contributed by atoms with Crippen molar-refractivity contribution >= 4 is 27.5 Å². The average molecular weight is 368 g/mol. The van der Waals surface area contributed by atoms with Crippen molar-refractivity contribution in [3.8, 4) is 0 Å². The molecule has 0 radical (unpaired) electrons. The van der Waals surface area contributed by atoms with E-state index in [4.69, 9.17) is 16.0 Å². The molecule has 0 atom stereocenters. The van der Waals surface area contributed by atoms with Gasteiger partial charge in [-0.1, -0.05) is 23.7 Å². The van der Waals surface area contributed by atoms with Crippen LogP contribution in [0.2, 0.25) is 5.02 Å². The smallest absolute Gasteiger partial charge is 0.220 e. The Kier molecular flexibility index (Phi) is 4.36. The lowest BCUT2D eigenvalue weighted by Crippen LogP contribution is -2.01. The molecule has 0 saturated carbocycles. The summed E-state index contributed by atoms with van der Waals surface area (Å²) in [6.07, 6.45) is 4.89. The van der Waals surface area contributed by atoms with Crippen LogP contribution in [0.3, 0.4) is 0 Å². The molecule has 5 nitrogen and oxygen atoms in total. The quantitative estimate of drug-likeness (QED) is 0.692. The van der Waals surface area contributed by atoms with Crippen LogP contribution in [0.15, 0.2) is 45.5 Å². The number of halogens is 2. The summed E-state index contributed by atoms with van der Waals surface area (Å²) in [6.45, 7) is 0.699. The molecule has 0 amide bonds. The number of hydrogen-bond donors (Lipinski definition) is 0. The third-order valence-electron chi connectivity index (χ3n) is 2.91. The molecule has 2 heterocycles. The van der Waals surface area contributed by atoms with Crippen LogP contribution in [0.5, 0.6) is 0 Å². The molecule has 21 heavy (non-hydrogen) atoms. The zero-order chi connectivity index (χ0) is 14.7. The van der Waals surface area contributed by atoms with Crippen LogP contribution in [0.4, 0.5) is 0 Å². The van der Waals surface area contributed by atoms with Gasteiger partial charge in [0.1, 0.15) is 0 Å². The summed E-state index contributed by atoms with van der Waals surface area (Å²) in [6, 6.07) is 7.63. The lowest BCUT2D eigenvalue weighted by Gasteiger charge is -1.98. The Morgan fingerprint density at radius 2 is 2.10 bits per heavy atom. The van der Waals surface area contributed by atoms with E-state index in [0.717, 1.165) is 10.0 Å². The second kappa shape index (κ2) is 6.41. The largest absolute Gasteiger partial charge is 0.425 e. The van der Waals surface area contributed by atoms with Gasteiger partial charge in [0.05, 0.1) is 17.1 Å². The number of aryl methyl sites for hydroxylation is 2. The highest BCUT2D eigenvalue weighted by molar-refractivity contribution is 9.10. The first-order valence-electron chi connectivity index (χ1n) is 6.43. The van der Waals surface area contributed by atoms with Crippen molar-refractivity contribution in [1.82, 2.24) is 20.0 Å². The van der Waals surface area contributed by atoms with Crippen LogP contribution < -0.4 is 0 Å². The molecule has 0 unspecified atom stereocenters. The zero-order valence-electron chi connectivity index (χ0n) is 11.0. The standard InChI is InChI=1S/C14H12BrClN4O/c15-11-8-17-20(9-11)5-4-13-18-19-14(21-13)7-10-2-1-3-12(16)6-10/h1-3,6,8-9H,4-5,7H2. The molecule has 3 rings (SSSR count). The Balaban J connectivity index is 1.61. The predicted molar refractivity (Wildman–Crippen MR) is 82.2 cm³/mol. The molecular formula is C14H12BrClN4O. The minimum atomic E-state index is 0.584. The van der Waals surface area contributed by atoms with Crippen molar-refractivity contribution in [1.29, 1.82) is 0 Å². The summed E-state index contributed by atoms with van der Waals surface area (Å²) >= 11 is 9.32. The fourth-order valence-corrected chi connectivity index (χ4v) is 2.49. The minimum Gasteiger partial charge on any atom is -0.425 e.